The standard InChI is InChI=1S/C22H23N3O4/c1-14(2)12-25(13-19(26)27)22(28)18-10-8-17(9-11-18)21-24-23-20(29-21)16-6-4-15(3)5-7-16/h4-11,14H,12-13H2,1-3H3,(H,26,27). The van der Waals surface area contributed by atoms with Gasteiger partial charge >= 0.3 is 5.97 Å². The number of carbonyl (C=O) groups is 2. The van der Waals surface area contributed by atoms with E-state index in [2.05, 4.69) is 10.2 Å². The first-order valence-corrected chi connectivity index (χ1v) is 9.35. The maximum absolute atomic E-state index is 12.7. The first-order chi connectivity index (χ1) is 13.8. The van der Waals surface area contributed by atoms with Crippen LogP contribution >= 0.6 is 0 Å². The van der Waals surface area contributed by atoms with Crippen molar-refractivity contribution in [1.29, 1.82) is 0 Å². The van der Waals surface area contributed by atoms with Crippen LogP contribution in [-0.2, 0) is 4.79 Å². The summed E-state index contributed by atoms with van der Waals surface area (Å²) in [4.78, 5) is 25.1. The van der Waals surface area contributed by atoms with Gasteiger partial charge in [-0.3, -0.25) is 9.59 Å². The van der Waals surface area contributed by atoms with Crippen molar-refractivity contribution in [3.63, 3.8) is 0 Å². The Morgan fingerprint density at radius 1 is 0.966 bits per heavy atom. The molecule has 3 aromatic rings. The predicted octanol–water partition coefficient (Wildman–Crippen LogP) is 3.89. The fourth-order valence-corrected chi connectivity index (χ4v) is 2.91. The Labute approximate surface area is 169 Å². The molecule has 29 heavy (non-hydrogen) atoms. The Hall–Kier alpha value is -3.48. The second kappa shape index (κ2) is 8.68. The molecule has 0 aliphatic carbocycles. The van der Waals surface area contributed by atoms with E-state index in [0.717, 1.165) is 11.1 Å². The number of aliphatic carboxylic acids is 1. The van der Waals surface area contributed by atoms with Crippen LogP contribution in [0.2, 0.25) is 0 Å². The largest absolute Gasteiger partial charge is 0.480 e. The summed E-state index contributed by atoms with van der Waals surface area (Å²) in [5, 5.41) is 17.2. The number of hydrogen-bond acceptors (Lipinski definition) is 5. The topological polar surface area (TPSA) is 96.5 Å². The molecule has 0 unspecified atom stereocenters. The van der Waals surface area contributed by atoms with E-state index in [1.165, 1.54) is 4.90 Å². The van der Waals surface area contributed by atoms with Crippen LogP contribution in [0.5, 0.6) is 0 Å². The lowest BCUT2D eigenvalue weighted by molar-refractivity contribution is -0.137. The lowest BCUT2D eigenvalue weighted by Gasteiger charge is -2.22. The molecule has 1 aromatic heterocycles. The third-order valence-electron chi connectivity index (χ3n) is 4.30. The van der Waals surface area contributed by atoms with Crippen molar-refractivity contribution < 1.29 is 19.1 Å². The number of nitrogens with zero attached hydrogens (tertiary/aromatic N) is 3. The Morgan fingerprint density at radius 3 is 1.97 bits per heavy atom. The molecule has 0 aliphatic heterocycles. The molecule has 0 saturated carbocycles. The third kappa shape index (κ3) is 5.07. The molecule has 3 rings (SSSR count). The SMILES string of the molecule is Cc1ccc(-c2nnc(-c3ccc(C(=O)N(CC(=O)O)CC(C)C)cc3)o2)cc1. The second-order valence-electron chi connectivity index (χ2n) is 7.33. The van der Waals surface area contributed by atoms with Crippen LogP contribution in [0.4, 0.5) is 0 Å². The van der Waals surface area contributed by atoms with Crippen LogP contribution in [-0.4, -0.2) is 45.2 Å². The fraction of sp³-hybridized carbons (Fsp3) is 0.273. The zero-order valence-corrected chi connectivity index (χ0v) is 16.6. The van der Waals surface area contributed by atoms with Crippen molar-refractivity contribution in [2.75, 3.05) is 13.1 Å². The van der Waals surface area contributed by atoms with Gasteiger partial charge in [0.05, 0.1) is 0 Å². The molecule has 7 nitrogen and oxygen atoms in total. The van der Waals surface area contributed by atoms with Gasteiger partial charge in [0.25, 0.3) is 5.91 Å². The van der Waals surface area contributed by atoms with Crippen molar-refractivity contribution in [1.82, 2.24) is 15.1 Å². The molecule has 2 aromatic carbocycles. The second-order valence-corrected chi connectivity index (χ2v) is 7.33. The molecule has 0 saturated heterocycles. The summed E-state index contributed by atoms with van der Waals surface area (Å²) in [6, 6.07) is 14.5. The minimum Gasteiger partial charge on any atom is -0.480 e. The van der Waals surface area contributed by atoms with Crippen molar-refractivity contribution in [2.45, 2.75) is 20.8 Å². The first-order valence-electron chi connectivity index (χ1n) is 9.35. The summed E-state index contributed by atoms with van der Waals surface area (Å²) < 4.78 is 5.75. The van der Waals surface area contributed by atoms with Crippen LogP contribution in [0.3, 0.4) is 0 Å². The average molecular weight is 393 g/mol. The molecule has 0 atom stereocenters. The molecule has 1 amide bonds. The highest BCUT2D eigenvalue weighted by atomic mass is 16.4. The summed E-state index contributed by atoms with van der Waals surface area (Å²) in [7, 11) is 0. The molecular formula is C22H23N3O4. The van der Waals surface area contributed by atoms with Gasteiger partial charge in [0, 0.05) is 23.2 Å². The molecule has 0 spiro atoms. The fourth-order valence-electron chi connectivity index (χ4n) is 2.91. The van der Waals surface area contributed by atoms with Crippen LogP contribution in [0.1, 0.15) is 29.8 Å². The van der Waals surface area contributed by atoms with E-state index < -0.39 is 5.97 Å². The minimum absolute atomic E-state index is 0.163. The number of carboxylic acids is 1. The zero-order chi connectivity index (χ0) is 21.0. The number of carboxylic acid groups (broad SMARTS) is 1. The van der Waals surface area contributed by atoms with Crippen LogP contribution in [0.25, 0.3) is 22.9 Å². The Morgan fingerprint density at radius 2 is 1.48 bits per heavy atom. The number of carbonyl (C=O) groups excluding carboxylic acids is 1. The Kier molecular flexibility index (Phi) is 6.07. The van der Waals surface area contributed by atoms with E-state index in [4.69, 9.17) is 9.52 Å². The number of rotatable bonds is 7. The summed E-state index contributed by atoms with van der Waals surface area (Å²) in [6.07, 6.45) is 0. The monoisotopic (exact) mass is 393 g/mol. The number of amides is 1. The molecule has 0 bridgehead atoms. The van der Waals surface area contributed by atoms with Gasteiger partial charge in [0.2, 0.25) is 11.8 Å². The maximum Gasteiger partial charge on any atom is 0.323 e. The molecular weight excluding hydrogens is 370 g/mol. The number of aryl methyl sites for hydroxylation is 1. The maximum atomic E-state index is 12.7. The Bertz CT molecular complexity index is 992. The quantitative estimate of drug-likeness (QED) is 0.654. The van der Waals surface area contributed by atoms with Gasteiger partial charge in [-0.15, -0.1) is 10.2 Å². The Balaban J connectivity index is 1.78. The zero-order valence-electron chi connectivity index (χ0n) is 16.6. The highest BCUT2D eigenvalue weighted by Crippen LogP contribution is 2.24. The summed E-state index contributed by atoms with van der Waals surface area (Å²) in [5.74, 6) is -0.423. The average Bonchev–Trinajstić information content (AvgIpc) is 3.17. The lowest BCUT2D eigenvalue weighted by atomic mass is 10.1. The molecule has 1 heterocycles. The number of aromatic nitrogens is 2. The highest BCUT2D eigenvalue weighted by Gasteiger charge is 2.20. The van der Waals surface area contributed by atoms with E-state index in [9.17, 15) is 9.59 Å². The predicted molar refractivity (Wildman–Crippen MR) is 108 cm³/mol. The van der Waals surface area contributed by atoms with Crippen molar-refractivity contribution in [3.8, 4) is 22.9 Å². The van der Waals surface area contributed by atoms with Gasteiger partial charge in [-0.25, -0.2) is 0 Å². The summed E-state index contributed by atoms with van der Waals surface area (Å²) in [5.41, 5.74) is 3.07. The van der Waals surface area contributed by atoms with E-state index in [-0.39, 0.29) is 18.4 Å². The van der Waals surface area contributed by atoms with Gasteiger partial charge in [0.15, 0.2) is 0 Å². The van der Waals surface area contributed by atoms with Gasteiger partial charge in [0.1, 0.15) is 6.54 Å². The molecule has 0 fully saturated rings. The van der Waals surface area contributed by atoms with E-state index >= 15 is 0 Å². The van der Waals surface area contributed by atoms with Gasteiger partial charge in [-0.2, -0.15) is 0 Å². The normalized spacial score (nSPS) is 10.9. The van der Waals surface area contributed by atoms with Crippen LogP contribution in [0.15, 0.2) is 52.9 Å². The number of hydrogen-bond donors (Lipinski definition) is 1. The van der Waals surface area contributed by atoms with E-state index in [1.54, 1.807) is 24.3 Å². The van der Waals surface area contributed by atoms with E-state index in [1.807, 2.05) is 45.0 Å². The van der Waals surface area contributed by atoms with Crippen molar-refractivity contribution in [2.24, 2.45) is 5.92 Å². The number of benzene rings is 2. The molecule has 150 valence electrons. The van der Waals surface area contributed by atoms with E-state index in [0.29, 0.717) is 29.5 Å². The van der Waals surface area contributed by atoms with Crippen LogP contribution < -0.4 is 0 Å². The lowest BCUT2D eigenvalue weighted by Crippen LogP contribution is -2.38. The molecule has 0 radical (unpaired) electrons. The third-order valence-corrected chi connectivity index (χ3v) is 4.30. The highest BCUT2D eigenvalue weighted by molar-refractivity contribution is 5.96. The van der Waals surface area contributed by atoms with Gasteiger partial charge < -0.3 is 14.4 Å². The van der Waals surface area contributed by atoms with Crippen LogP contribution in [0, 0.1) is 12.8 Å². The molecule has 0 aliphatic rings. The van der Waals surface area contributed by atoms with Gasteiger partial charge in [-0.1, -0.05) is 31.5 Å². The molecule has 7 heteroatoms. The summed E-state index contributed by atoms with van der Waals surface area (Å²) in [6.45, 7) is 5.92. The minimum atomic E-state index is -1.04. The van der Waals surface area contributed by atoms with Crippen molar-refractivity contribution >= 4 is 11.9 Å². The molecule has 1 N–H and O–H groups in total. The summed E-state index contributed by atoms with van der Waals surface area (Å²) >= 11 is 0. The van der Waals surface area contributed by atoms with Gasteiger partial charge in [-0.05, 0) is 49.2 Å². The van der Waals surface area contributed by atoms with Crippen molar-refractivity contribution in [3.05, 3.63) is 59.7 Å². The smallest absolute Gasteiger partial charge is 0.323 e. The first kappa shape index (κ1) is 20.3.